The summed E-state index contributed by atoms with van der Waals surface area (Å²) in [5.74, 6) is -4.01. The molecule has 0 saturated carbocycles. The molecule has 2 aromatic carbocycles. The smallest absolute Gasteiger partial charge is 0.319 e. The van der Waals surface area contributed by atoms with Crippen LogP contribution in [0.15, 0.2) is 57.5 Å². The molecule has 0 saturated heterocycles. The van der Waals surface area contributed by atoms with Crippen molar-refractivity contribution in [3.8, 4) is 6.07 Å². The van der Waals surface area contributed by atoms with Crippen LogP contribution in [0.3, 0.4) is 0 Å². The Kier molecular flexibility index (Phi) is 8.43. The molecule has 170 valence electrons. The quantitative estimate of drug-likeness (QED) is 0.380. The Labute approximate surface area is 212 Å². The first kappa shape index (κ1) is 25.1. The van der Waals surface area contributed by atoms with E-state index in [1.54, 1.807) is 36.4 Å². The molecule has 33 heavy (non-hydrogen) atoms. The van der Waals surface area contributed by atoms with Crippen molar-refractivity contribution < 1.29 is 19.1 Å². The molecule has 0 bridgehead atoms. The Bertz CT molecular complexity index is 1200. The first-order chi connectivity index (χ1) is 15.7. The Morgan fingerprint density at radius 2 is 2.03 bits per heavy atom. The van der Waals surface area contributed by atoms with Crippen LogP contribution in [0.5, 0.6) is 0 Å². The van der Waals surface area contributed by atoms with E-state index in [2.05, 4.69) is 32.6 Å². The molecule has 2 N–H and O–H groups in total. The lowest BCUT2D eigenvalue weighted by Crippen LogP contribution is -2.44. The third kappa shape index (κ3) is 5.89. The van der Waals surface area contributed by atoms with Gasteiger partial charge in [-0.05, 0) is 35.9 Å². The molecule has 1 aliphatic heterocycles. The van der Waals surface area contributed by atoms with Crippen LogP contribution in [-0.2, 0) is 19.1 Å². The van der Waals surface area contributed by atoms with E-state index in [9.17, 15) is 19.6 Å². The fraction of sp³-hybridized carbons (Fsp3) is 0.182. The number of rotatable bonds is 6. The molecule has 0 radical (unpaired) electrons. The van der Waals surface area contributed by atoms with Crippen molar-refractivity contribution in [2.45, 2.75) is 5.92 Å². The zero-order valence-electron chi connectivity index (χ0n) is 17.0. The first-order valence-corrected chi connectivity index (χ1v) is 11.9. The van der Waals surface area contributed by atoms with Crippen LogP contribution in [0.25, 0.3) is 0 Å². The molecule has 3 rings (SSSR count). The van der Waals surface area contributed by atoms with Crippen LogP contribution in [0.1, 0.15) is 11.5 Å². The van der Waals surface area contributed by atoms with Gasteiger partial charge in [0.25, 0.3) is 0 Å². The van der Waals surface area contributed by atoms with Gasteiger partial charge in [-0.25, -0.2) is 0 Å². The number of ether oxygens (including phenoxy) is 1. The molecular weight excluding hydrogens is 553 g/mol. The number of hydrogen-bond donors (Lipinski definition) is 2. The van der Waals surface area contributed by atoms with Crippen molar-refractivity contribution in [1.82, 2.24) is 5.32 Å². The van der Waals surface area contributed by atoms with Crippen LogP contribution in [-0.4, -0.2) is 30.6 Å². The molecule has 0 unspecified atom stereocenters. The van der Waals surface area contributed by atoms with E-state index >= 15 is 0 Å². The number of halogens is 3. The number of methoxy groups -OCH3 is 1. The summed E-state index contributed by atoms with van der Waals surface area (Å²) in [5.41, 5.74) is 1.12. The normalized spacial score (nSPS) is 17.7. The van der Waals surface area contributed by atoms with E-state index in [1.165, 1.54) is 13.2 Å². The molecule has 11 heteroatoms. The molecular formula is C22H16BrCl2N3O4S. The van der Waals surface area contributed by atoms with Crippen LogP contribution in [0.4, 0.5) is 5.69 Å². The van der Waals surface area contributed by atoms with Gasteiger partial charge in [0.15, 0.2) is 0 Å². The summed E-state index contributed by atoms with van der Waals surface area (Å²) in [6.45, 7) is 0. The van der Waals surface area contributed by atoms with E-state index in [-0.39, 0.29) is 21.4 Å². The predicted molar refractivity (Wildman–Crippen MR) is 131 cm³/mol. The average Bonchev–Trinajstić information content (AvgIpc) is 2.78. The summed E-state index contributed by atoms with van der Waals surface area (Å²) in [5, 5.41) is 16.1. The zero-order valence-corrected chi connectivity index (χ0v) is 20.9. The number of nitrogens with one attached hydrogen (secondary N) is 2. The predicted octanol–water partition coefficient (Wildman–Crippen LogP) is 4.87. The number of carbonyl (C=O) groups is 3. The molecule has 7 nitrogen and oxygen atoms in total. The van der Waals surface area contributed by atoms with Crippen molar-refractivity contribution in [2.24, 2.45) is 5.92 Å². The van der Waals surface area contributed by atoms with Gasteiger partial charge in [-0.1, -0.05) is 63.0 Å². The highest BCUT2D eigenvalue weighted by Gasteiger charge is 2.44. The maximum atomic E-state index is 12.8. The van der Waals surface area contributed by atoms with E-state index in [1.807, 2.05) is 0 Å². The van der Waals surface area contributed by atoms with Crippen molar-refractivity contribution in [2.75, 3.05) is 18.2 Å². The van der Waals surface area contributed by atoms with Crippen LogP contribution < -0.4 is 10.6 Å². The van der Waals surface area contributed by atoms with Crippen molar-refractivity contribution in [3.05, 3.63) is 73.1 Å². The molecule has 0 aliphatic carbocycles. The molecule has 2 aromatic rings. The molecule has 2 amide bonds. The highest BCUT2D eigenvalue weighted by Crippen LogP contribution is 2.40. The van der Waals surface area contributed by atoms with E-state index in [0.29, 0.717) is 16.3 Å². The third-order valence-electron chi connectivity index (χ3n) is 4.74. The minimum Gasteiger partial charge on any atom is -0.468 e. The molecule has 0 fully saturated rings. The number of thioether (sulfide) groups is 1. The fourth-order valence-corrected chi connectivity index (χ4v) is 5.02. The minimum atomic E-state index is -1.25. The number of anilines is 1. The summed E-state index contributed by atoms with van der Waals surface area (Å²) in [4.78, 5) is 37.7. The Morgan fingerprint density at radius 1 is 1.27 bits per heavy atom. The SMILES string of the molecule is COC(=O)[C@@H]1C(=O)NC(SCC(=O)Nc2ccc(Cl)cc2Cl)=C(C#N)[C@@H]1c1cccc(Br)c1. The van der Waals surface area contributed by atoms with Gasteiger partial charge in [-0.3, -0.25) is 14.4 Å². The lowest BCUT2D eigenvalue weighted by Gasteiger charge is -2.31. The van der Waals surface area contributed by atoms with Crippen LogP contribution in [0.2, 0.25) is 10.0 Å². The van der Waals surface area contributed by atoms with Crippen LogP contribution >= 0.6 is 50.9 Å². The zero-order chi connectivity index (χ0) is 24.1. The topological polar surface area (TPSA) is 108 Å². The second-order valence-electron chi connectivity index (χ2n) is 6.84. The molecule has 0 aromatic heterocycles. The number of nitrogens with zero attached hydrogens (tertiary/aromatic N) is 1. The number of allylic oxidation sites excluding steroid dienone is 1. The van der Waals surface area contributed by atoms with Gasteiger partial charge in [-0.15, -0.1) is 0 Å². The standard InChI is InChI=1S/C22H16BrCl2N3O4S/c1-32-22(31)19-18(11-3-2-4-12(23)7-11)14(9-26)21(28-20(19)30)33-10-17(29)27-16-6-5-13(24)8-15(16)25/h2-8,18-19H,10H2,1H3,(H,27,29)(H,28,30)/t18-,19-/m0/s1. The Balaban J connectivity index is 1.89. The lowest BCUT2D eigenvalue weighted by molar-refractivity contribution is -0.150. The van der Waals surface area contributed by atoms with Gasteiger partial charge in [0, 0.05) is 15.4 Å². The van der Waals surface area contributed by atoms with Gasteiger partial charge < -0.3 is 15.4 Å². The number of nitriles is 1. The largest absolute Gasteiger partial charge is 0.468 e. The molecule has 0 spiro atoms. The number of benzene rings is 2. The maximum absolute atomic E-state index is 12.8. The maximum Gasteiger partial charge on any atom is 0.319 e. The van der Waals surface area contributed by atoms with Gasteiger partial charge in [0.05, 0.1) is 40.2 Å². The number of esters is 1. The van der Waals surface area contributed by atoms with E-state index < -0.39 is 29.6 Å². The van der Waals surface area contributed by atoms with Crippen LogP contribution in [0, 0.1) is 17.2 Å². The Morgan fingerprint density at radius 3 is 2.67 bits per heavy atom. The lowest BCUT2D eigenvalue weighted by atomic mass is 9.78. The summed E-state index contributed by atoms with van der Waals surface area (Å²) < 4.78 is 5.54. The van der Waals surface area contributed by atoms with Gasteiger partial charge in [0.2, 0.25) is 11.8 Å². The van der Waals surface area contributed by atoms with Gasteiger partial charge in [-0.2, -0.15) is 5.26 Å². The second-order valence-corrected chi connectivity index (χ2v) is 9.58. The van der Waals surface area contributed by atoms with Crippen molar-refractivity contribution >= 4 is 74.4 Å². The van der Waals surface area contributed by atoms with E-state index in [4.69, 9.17) is 27.9 Å². The van der Waals surface area contributed by atoms with E-state index in [0.717, 1.165) is 16.2 Å². The highest BCUT2D eigenvalue weighted by molar-refractivity contribution is 9.10. The molecule has 2 atom stereocenters. The van der Waals surface area contributed by atoms with Crippen molar-refractivity contribution in [3.63, 3.8) is 0 Å². The molecule has 1 heterocycles. The van der Waals surface area contributed by atoms with Gasteiger partial charge >= 0.3 is 5.97 Å². The Hall–Kier alpha value is -2.51. The third-order valence-corrected chi connectivity index (χ3v) is 6.80. The first-order valence-electron chi connectivity index (χ1n) is 9.41. The summed E-state index contributed by atoms with van der Waals surface area (Å²) in [7, 11) is 1.18. The van der Waals surface area contributed by atoms with Crippen molar-refractivity contribution in [1.29, 1.82) is 5.26 Å². The monoisotopic (exact) mass is 567 g/mol. The highest BCUT2D eigenvalue weighted by atomic mass is 79.9. The average molecular weight is 569 g/mol. The fourth-order valence-electron chi connectivity index (χ4n) is 3.29. The summed E-state index contributed by atoms with van der Waals surface area (Å²) in [6.07, 6.45) is 0. The summed E-state index contributed by atoms with van der Waals surface area (Å²) in [6, 6.07) is 13.7. The van der Waals surface area contributed by atoms with Gasteiger partial charge in [0.1, 0.15) is 5.92 Å². The number of amides is 2. The second kappa shape index (κ2) is 11.1. The summed E-state index contributed by atoms with van der Waals surface area (Å²) >= 11 is 16.3. The number of carbonyl (C=O) groups excluding carboxylic acids is 3. The number of hydrogen-bond acceptors (Lipinski definition) is 6. The molecule has 1 aliphatic rings. The minimum absolute atomic E-state index is 0.117.